The van der Waals surface area contributed by atoms with Crippen LogP contribution in [0.3, 0.4) is 0 Å². The lowest BCUT2D eigenvalue weighted by Gasteiger charge is -2.23. The molecule has 16 heavy (non-hydrogen) atoms. The highest BCUT2D eigenvalue weighted by Gasteiger charge is 2.15. The van der Waals surface area contributed by atoms with E-state index >= 15 is 0 Å². The lowest BCUT2D eigenvalue weighted by molar-refractivity contribution is 0.252. The van der Waals surface area contributed by atoms with Gasteiger partial charge in [-0.05, 0) is 43.0 Å². The van der Waals surface area contributed by atoms with Gasteiger partial charge < -0.3 is 5.32 Å². The van der Waals surface area contributed by atoms with Crippen LogP contribution in [0.4, 0.5) is 8.78 Å². The Morgan fingerprint density at radius 2 is 2.00 bits per heavy atom. The van der Waals surface area contributed by atoms with Gasteiger partial charge in [-0.1, -0.05) is 23.9 Å². The fourth-order valence-electron chi connectivity index (χ4n) is 2.06. The summed E-state index contributed by atoms with van der Waals surface area (Å²) >= 11 is 0.605. The number of benzene rings is 1. The molecule has 1 aliphatic heterocycles. The molecule has 88 valence electrons. The van der Waals surface area contributed by atoms with Gasteiger partial charge in [0.1, 0.15) is 0 Å². The highest BCUT2D eigenvalue weighted by Crippen LogP contribution is 2.28. The highest BCUT2D eigenvalue weighted by molar-refractivity contribution is 7.99. The molecule has 1 aromatic carbocycles. The van der Waals surface area contributed by atoms with E-state index in [1.54, 1.807) is 12.1 Å². The molecule has 1 aliphatic rings. The molecule has 1 unspecified atom stereocenters. The summed E-state index contributed by atoms with van der Waals surface area (Å²) in [4.78, 5) is 0.641. The third-order valence-electron chi connectivity index (χ3n) is 2.87. The predicted molar refractivity (Wildman–Crippen MR) is 63.1 cm³/mol. The Labute approximate surface area is 98.6 Å². The molecule has 1 heterocycles. The molecule has 2 rings (SSSR count). The summed E-state index contributed by atoms with van der Waals surface area (Å²) in [6.07, 6.45) is 2.38. The Bertz CT molecular complexity index is 320. The van der Waals surface area contributed by atoms with Crippen molar-refractivity contribution >= 4 is 11.8 Å². The molecule has 0 spiro atoms. The Morgan fingerprint density at radius 3 is 2.56 bits per heavy atom. The summed E-state index contributed by atoms with van der Waals surface area (Å²) in [7, 11) is 0. The van der Waals surface area contributed by atoms with E-state index in [1.807, 2.05) is 12.1 Å². The molecule has 0 amide bonds. The standard InChI is InChI=1S/C12H15F2NS/c13-12(14)16-11-5-3-9(4-6-11)10-2-1-7-15-8-10/h3-6,10,12,15H,1-2,7-8H2. The number of piperidine rings is 1. The molecule has 0 aromatic heterocycles. The Kier molecular flexibility index (Phi) is 4.18. The van der Waals surface area contributed by atoms with E-state index in [-0.39, 0.29) is 0 Å². The largest absolute Gasteiger partial charge is 0.316 e. The van der Waals surface area contributed by atoms with Crippen LogP contribution in [0.25, 0.3) is 0 Å². The van der Waals surface area contributed by atoms with Gasteiger partial charge in [0.05, 0.1) is 0 Å². The minimum atomic E-state index is -2.33. The van der Waals surface area contributed by atoms with E-state index in [4.69, 9.17) is 0 Å². The van der Waals surface area contributed by atoms with Crippen LogP contribution in [0.5, 0.6) is 0 Å². The summed E-state index contributed by atoms with van der Waals surface area (Å²) in [5, 5.41) is 3.35. The van der Waals surface area contributed by atoms with Crippen molar-refractivity contribution in [1.29, 1.82) is 0 Å². The monoisotopic (exact) mass is 243 g/mol. The fourth-order valence-corrected chi connectivity index (χ4v) is 2.56. The van der Waals surface area contributed by atoms with Crippen LogP contribution >= 0.6 is 11.8 Å². The molecule has 0 radical (unpaired) electrons. The average molecular weight is 243 g/mol. The fraction of sp³-hybridized carbons (Fsp3) is 0.500. The summed E-state index contributed by atoms with van der Waals surface area (Å²) in [5.74, 6) is -1.79. The van der Waals surface area contributed by atoms with E-state index in [1.165, 1.54) is 18.4 Å². The van der Waals surface area contributed by atoms with E-state index < -0.39 is 5.76 Å². The van der Waals surface area contributed by atoms with E-state index in [0.717, 1.165) is 13.1 Å². The second kappa shape index (κ2) is 5.64. The zero-order valence-corrected chi connectivity index (χ0v) is 9.77. The van der Waals surface area contributed by atoms with Crippen LogP contribution in [-0.4, -0.2) is 18.8 Å². The van der Waals surface area contributed by atoms with Gasteiger partial charge in [0.15, 0.2) is 0 Å². The normalized spacial score (nSPS) is 21.3. The summed E-state index contributed by atoms with van der Waals surface area (Å²) in [6.45, 7) is 2.09. The summed E-state index contributed by atoms with van der Waals surface area (Å²) < 4.78 is 24.3. The highest BCUT2D eigenvalue weighted by atomic mass is 32.2. The third-order valence-corrected chi connectivity index (χ3v) is 3.60. The van der Waals surface area contributed by atoms with Gasteiger partial charge in [-0.2, -0.15) is 8.78 Å². The van der Waals surface area contributed by atoms with Gasteiger partial charge in [0, 0.05) is 11.4 Å². The van der Waals surface area contributed by atoms with E-state index in [9.17, 15) is 8.78 Å². The van der Waals surface area contributed by atoms with Gasteiger partial charge >= 0.3 is 0 Å². The van der Waals surface area contributed by atoms with Crippen LogP contribution in [0.1, 0.15) is 24.3 Å². The van der Waals surface area contributed by atoms with Crippen LogP contribution in [0.15, 0.2) is 29.2 Å². The molecule has 1 N–H and O–H groups in total. The van der Waals surface area contributed by atoms with Crippen molar-refractivity contribution in [3.8, 4) is 0 Å². The van der Waals surface area contributed by atoms with E-state index in [0.29, 0.717) is 22.6 Å². The number of alkyl halides is 2. The molecular formula is C12H15F2NS. The van der Waals surface area contributed by atoms with Gasteiger partial charge in [-0.15, -0.1) is 0 Å². The maximum Gasteiger partial charge on any atom is 0.288 e. The molecule has 0 bridgehead atoms. The van der Waals surface area contributed by atoms with Crippen molar-refractivity contribution in [3.63, 3.8) is 0 Å². The number of nitrogens with one attached hydrogen (secondary N) is 1. The van der Waals surface area contributed by atoms with Crippen molar-refractivity contribution in [1.82, 2.24) is 5.32 Å². The first-order valence-corrected chi connectivity index (χ1v) is 6.39. The minimum Gasteiger partial charge on any atom is -0.316 e. The smallest absolute Gasteiger partial charge is 0.288 e. The predicted octanol–water partition coefficient (Wildman–Crippen LogP) is 3.47. The van der Waals surface area contributed by atoms with Crippen LogP contribution in [0, 0.1) is 0 Å². The zero-order valence-electron chi connectivity index (χ0n) is 8.96. The lowest BCUT2D eigenvalue weighted by atomic mass is 9.92. The molecule has 4 heteroatoms. The number of rotatable bonds is 3. The molecule has 1 nitrogen and oxygen atoms in total. The number of halogens is 2. The SMILES string of the molecule is FC(F)Sc1ccc(C2CCCNC2)cc1. The van der Waals surface area contributed by atoms with Crippen LogP contribution < -0.4 is 5.32 Å². The van der Waals surface area contributed by atoms with Crippen molar-refractivity contribution in [2.24, 2.45) is 0 Å². The van der Waals surface area contributed by atoms with Gasteiger partial charge in [-0.25, -0.2) is 0 Å². The van der Waals surface area contributed by atoms with E-state index in [2.05, 4.69) is 5.32 Å². The molecule has 0 aliphatic carbocycles. The second-order valence-corrected chi connectivity index (χ2v) is 5.05. The first-order valence-electron chi connectivity index (χ1n) is 5.51. The van der Waals surface area contributed by atoms with Crippen molar-refractivity contribution < 1.29 is 8.78 Å². The quantitative estimate of drug-likeness (QED) is 0.816. The first kappa shape index (κ1) is 11.9. The van der Waals surface area contributed by atoms with Gasteiger partial charge in [0.25, 0.3) is 5.76 Å². The summed E-state index contributed by atoms with van der Waals surface area (Å²) in [5.41, 5.74) is 1.26. The number of thioether (sulfide) groups is 1. The molecular weight excluding hydrogens is 228 g/mol. The Morgan fingerprint density at radius 1 is 1.25 bits per heavy atom. The maximum atomic E-state index is 12.1. The topological polar surface area (TPSA) is 12.0 Å². The molecule has 1 fully saturated rings. The lowest BCUT2D eigenvalue weighted by Crippen LogP contribution is -2.28. The number of hydrogen-bond donors (Lipinski definition) is 1. The zero-order chi connectivity index (χ0) is 11.4. The van der Waals surface area contributed by atoms with Crippen molar-refractivity contribution in [3.05, 3.63) is 29.8 Å². The maximum absolute atomic E-state index is 12.1. The minimum absolute atomic E-state index is 0.541. The molecule has 0 saturated carbocycles. The number of hydrogen-bond acceptors (Lipinski definition) is 2. The molecule has 1 aromatic rings. The first-order chi connectivity index (χ1) is 7.75. The molecule has 1 saturated heterocycles. The van der Waals surface area contributed by atoms with Crippen LogP contribution in [-0.2, 0) is 0 Å². The second-order valence-electron chi connectivity index (χ2n) is 3.99. The Hall–Kier alpha value is -0.610. The van der Waals surface area contributed by atoms with Crippen LogP contribution in [0.2, 0.25) is 0 Å². The average Bonchev–Trinajstić information content (AvgIpc) is 2.30. The van der Waals surface area contributed by atoms with Crippen molar-refractivity contribution in [2.45, 2.75) is 29.4 Å². The van der Waals surface area contributed by atoms with Crippen molar-refractivity contribution in [2.75, 3.05) is 13.1 Å². The Balaban J connectivity index is 2.00. The van der Waals surface area contributed by atoms with Gasteiger partial charge in [-0.3, -0.25) is 0 Å². The third kappa shape index (κ3) is 3.19. The molecule has 1 atom stereocenters. The summed E-state index contributed by atoms with van der Waals surface area (Å²) in [6, 6.07) is 7.53. The van der Waals surface area contributed by atoms with Gasteiger partial charge in [0.2, 0.25) is 0 Å².